The normalized spacial score (nSPS) is 10.5. The number of imidazole rings is 1. The van der Waals surface area contributed by atoms with Crippen molar-refractivity contribution in [3.8, 4) is 0 Å². The van der Waals surface area contributed by atoms with Crippen molar-refractivity contribution >= 4 is 5.69 Å². The molecular formula is C11H14N4. The highest BCUT2D eigenvalue weighted by molar-refractivity contribution is 5.40. The van der Waals surface area contributed by atoms with Gasteiger partial charge in [-0.1, -0.05) is 0 Å². The first kappa shape index (κ1) is 9.71. The van der Waals surface area contributed by atoms with Crippen LogP contribution in [0.2, 0.25) is 0 Å². The molecule has 0 aliphatic heterocycles. The Hall–Kier alpha value is -1.84. The molecule has 0 fully saturated rings. The highest BCUT2D eigenvalue weighted by atomic mass is 15.0. The summed E-state index contributed by atoms with van der Waals surface area (Å²) >= 11 is 0. The number of pyridine rings is 1. The van der Waals surface area contributed by atoms with Crippen LogP contribution in [0, 0.1) is 6.92 Å². The van der Waals surface area contributed by atoms with Crippen molar-refractivity contribution < 1.29 is 0 Å². The maximum Gasteiger partial charge on any atom is 0.114 e. The van der Waals surface area contributed by atoms with Gasteiger partial charge in [0.25, 0.3) is 0 Å². The molecule has 0 bridgehead atoms. The summed E-state index contributed by atoms with van der Waals surface area (Å²) in [7, 11) is 1.98. The largest absolute Gasteiger partial charge is 0.397 e. The zero-order valence-corrected chi connectivity index (χ0v) is 8.94. The molecule has 0 spiro atoms. The maximum atomic E-state index is 5.65. The van der Waals surface area contributed by atoms with Crippen molar-refractivity contribution in [3.63, 3.8) is 0 Å². The van der Waals surface area contributed by atoms with Gasteiger partial charge in [0, 0.05) is 25.9 Å². The van der Waals surface area contributed by atoms with Gasteiger partial charge in [-0.05, 0) is 18.6 Å². The number of nitrogens with two attached hydrogens (primary N) is 1. The fourth-order valence-corrected chi connectivity index (χ4v) is 1.53. The molecule has 2 heterocycles. The molecule has 2 aromatic heterocycles. The van der Waals surface area contributed by atoms with Gasteiger partial charge in [-0.15, -0.1) is 0 Å². The number of hydrogen-bond acceptors (Lipinski definition) is 3. The molecule has 0 radical (unpaired) electrons. The standard InChI is InChI=1S/C11H14N4/c1-8-5-9(12)7-14-10(8)6-11-13-3-4-15(11)2/h3-5,7H,6,12H2,1-2H3. The van der Waals surface area contributed by atoms with Crippen molar-refractivity contribution in [2.24, 2.45) is 7.05 Å². The van der Waals surface area contributed by atoms with Gasteiger partial charge in [0.1, 0.15) is 5.82 Å². The van der Waals surface area contributed by atoms with Gasteiger partial charge in [-0.25, -0.2) is 4.98 Å². The lowest BCUT2D eigenvalue weighted by Gasteiger charge is -2.05. The first-order valence-electron chi connectivity index (χ1n) is 4.84. The maximum absolute atomic E-state index is 5.65. The highest BCUT2D eigenvalue weighted by Crippen LogP contribution is 2.12. The summed E-state index contributed by atoms with van der Waals surface area (Å²) < 4.78 is 2.00. The van der Waals surface area contributed by atoms with Crippen LogP contribution in [0.4, 0.5) is 5.69 Å². The molecule has 0 aromatic carbocycles. The molecule has 0 saturated carbocycles. The van der Waals surface area contributed by atoms with Crippen molar-refractivity contribution in [1.82, 2.24) is 14.5 Å². The summed E-state index contributed by atoms with van der Waals surface area (Å²) in [4.78, 5) is 8.58. The third-order valence-corrected chi connectivity index (χ3v) is 2.45. The van der Waals surface area contributed by atoms with E-state index in [0.717, 1.165) is 23.5 Å². The third kappa shape index (κ3) is 1.98. The molecule has 2 aromatic rings. The predicted octanol–water partition coefficient (Wildman–Crippen LogP) is 1.30. The molecule has 2 N–H and O–H groups in total. The van der Waals surface area contributed by atoms with Crippen molar-refractivity contribution in [2.45, 2.75) is 13.3 Å². The molecule has 0 atom stereocenters. The van der Waals surface area contributed by atoms with E-state index in [0.29, 0.717) is 5.69 Å². The lowest BCUT2D eigenvalue weighted by molar-refractivity contribution is 0.808. The van der Waals surface area contributed by atoms with Crippen LogP contribution >= 0.6 is 0 Å². The Morgan fingerprint density at radius 3 is 2.80 bits per heavy atom. The second-order valence-corrected chi connectivity index (χ2v) is 3.66. The smallest absolute Gasteiger partial charge is 0.114 e. The monoisotopic (exact) mass is 202 g/mol. The number of nitrogen functional groups attached to an aromatic ring is 1. The Labute approximate surface area is 88.8 Å². The first-order valence-corrected chi connectivity index (χ1v) is 4.84. The van der Waals surface area contributed by atoms with Crippen molar-refractivity contribution in [3.05, 3.63) is 41.7 Å². The average Bonchev–Trinajstić information content (AvgIpc) is 2.57. The number of rotatable bonds is 2. The zero-order valence-electron chi connectivity index (χ0n) is 8.94. The minimum absolute atomic E-state index is 0.705. The first-order chi connectivity index (χ1) is 7.16. The van der Waals surface area contributed by atoms with E-state index in [1.807, 2.05) is 30.8 Å². The fourth-order valence-electron chi connectivity index (χ4n) is 1.53. The summed E-state index contributed by atoms with van der Waals surface area (Å²) in [5.41, 5.74) is 8.49. The van der Waals surface area contributed by atoms with Crippen LogP contribution in [0.3, 0.4) is 0 Å². The molecule has 0 amide bonds. The van der Waals surface area contributed by atoms with Gasteiger partial charge < -0.3 is 10.3 Å². The second kappa shape index (κ2) is 3.73. The lowest BCUT2D eigenvalue weighted by Crippen LogP contribution is -2.03. The zero-order chi connectivity index (χ0) is 10.8. The summed E-state index contributed by atoms with van der Waals surface area (Å²) in [6.07, 6.45) is 6.16. The number of hydrogen-bond donors (Lipinski definition) is 1. The molecular weight excluding hydrogens is 188 g/mol. The fraction of sp³-hybridized carbons (Fsp3) is 0.273. The van der Waals surface area contributed by atoms with Gasteiger partial charge in [-0.2, -0.15) is 0 Å². The van der Waals surface area contributed by atoms with Crippen LogP contribution < -0.4 is 5.73 Å². The van der Waals surface area contributed by atoms with Gasteiger partial charge >= 0.3 is 0 Å². The molecule has 2 rings (SSSR count). The van der Waals surface area contributed by atoms with E-state index in [-0.39, 0.29) is 0 Å². The topological polar surface area (TPSA) is 56.7 Å². The summed E-state index contributed by atoms with van der Waals surface area (Å²) in [6.45, 7) is 2.02. The van der Waals surface area contributed by atoms with E-state index in [1.165, 1.54) is 0 Å². The molecule has 0 aliphatic rings. The summed E-state index contributed by atoms with van der Waals surface area (Å²) in [6, 6.07) is 1.94. The van der Waals surface area contributed by atoms with E-state index >= 15 is 0 Å². The molecule has 4 nitrogen and oxygen atoms in total. The minimum atomic E-state index is 0.705. The summed E-state index contributed by atoms with van der Waals surface area (Å²) in [5.74, 6) is 1.01. The average molecular weight is 202 g/mol. The lowest BCUT2D eigenvalue weighted by atomic mass is 10.1. The van der Waals surface area contributed by atoms with E-state index in [2.05, 4.69) is 9.97 Å². The van der Waals surface area contributed by atoms with Gasteiger partial charge in [0.2, 0.25) is 0 Å². The highest BCUT2D eigenvalue weighted by Gasteiger charge is 2.05. The second-order valence-electron chi connectivity index (χ2n) is 3.66. The van der Waals surface area contributed by atoms with E-state index in [1.54, 1.807) is 12.4 Å². The Balaban J connectivity index is 2.29. The van der Waals surface area contributed by atoms with Gasteiger partial charge in [-0.3, -0.25) is 4.98 Å². The number of anilines is 1. The molecule has 15 heavy (non-hydrogen) atoms. The number of nitrogens with zero attached hydrogens (tertiary/aromatic N) is 3. The van der Waals surface area contributed by atoms with E-state index < -0.39 is 0 Å². The molecule has 0 aliphatic carbocycles. The number of aromatic nitrogens is 3. The third-order valence-electron chi connectivity index (χ3n) is 2.45. The molecule has 0 unspecified atom stereocenters. The SMILES string of the molecule is Cc1cc(N)cnc1Cc1nccn1C. The van der Waals surface area contributed by atoms with Crippen LogP contribution in [-0.4, -0.2) is 14.5 Å². The molecule has 78 valence electrons. The Kier molecular flexibility index (Phi) is 2.41. The minimum Gasteiger partial charge on any atom is -0.397 e. The Morgan fingerprint density at radius 2 is 2.20 bits per heavy atom. The van der Waals surface area contributed by atoms with E-state index in [9.17, 15) is 0 Å². The van der Waals surface area contributed by atoms with Crippen LogP contribution in [0.1, 0.15) is 17.1 Å². The Morgan fingerprint density at radius 1 is 1.40 bits per heavy atom. The van der Waals surface area contributed by atoms with Crippen LogP contribution in [0.5, 0.6) is 0 Å². The quantitative estimate of drug-likeness (QED) is 0.798. The van der Waals surface area contributed by atoms with Crippen molar-refractivity contribution in [1.29, 1.82) is 0 Å². The summed E-state index contributed by atoms with van der Waals surface area (Å²) in [5, 5.41) is 0. The van der Waals surface area contributed by atoms with Gasteiger partial charge in [0.05, 0.1) is 17.6 Å². The van der Waals surface area contributed by atoms with E-state index in [4.69, 9.17) is 5.73 Å². The van der Waals surface area contributed by atoms with Crippen molar-refractivity contribution in [2.75, 3.05) is 5.73 Å². The molecule has 4 heteroatoms. The molecule has 0 saturated heterocycles. The van der Waals surface area contributed by atoms with Gasteiger partial charge in [0.15, 0.2) is 0 Å². The number of aryl methyl sites for hydroxylation is 2. The van der Waals surface area contributed by atoms with Crippen LogP contribution in [0.15, 0.2) is 24.7 Å². The van der Waals surface area contributed by atoms with Crippen LogP contribution in [-0.2, 0) is 13.5 Å². The predicted molar refractivity (Wildman–Crippen MR) is 59.4 cm³/mol. The Bertz CT molecular complexity index is 473. The van der Waals surface area contributed by atoms with Crippen LogP contribution in [0.25, 0.3) is 0 Å².